The van der Waals surface area contributed by atoms with E-state index in [1.54, 1.807) is 25.1 Å². The molecule has 2 aromatic rings. The molecule has 2 rings (SSSR count). The number of fused-ring (bicyclic) bond motifs is 1. The van der Waals surface area contributed by atoms with Crippen LogP contribution in [0.1, 0.15) is 5.56 Å². The first-order valence-electron chi connectivity index (χ1n) is 4.76. The topological polar surface area (TPSA) is 74.6 Å². The molecule has 0 saturated carbocycles. The lowest BCUT2D eigenvalue weighted by molar-refractivity contribution is 0.484. The van der Waals surface area contributed by atoms with Gasteiger partial charge in [0.15, 0.2) is 0 Å². The van der Waals surface area contributed by atoms with Gasteiger partial charge in [-0.1, -0.05) is 12.1 Å². The summed E-state index contributed by atoms with van der Waals surface area (Å²) in [6.07, 6.45) is 0. The van der Waals surface area contributed by atoms with Crippen LogP contribution in [-0.4, -0.2) is 17.5 Å². The van der Waals surface area contributed by atoms with Crippen LogP contribution in [0.3, 0.4) is 0 Å². The molecule has 2 N–H and O–H groups in total. The van der Waals surface area contributed by atoms with Gasteiger partial charge >= 0.3 is 0 Å². The van der Waals surface area contributed by atoms with E-state index in [4.69, 9.17) is 9.11 Å². The minimum Gasteiger partial charge on any atom is -0.325 e. The summed E-state index contributed by atoms with van der Waals surface area (Å²) in [6, 6.07) is 7.98. The Morgan fingerprint density at radius 3 is 2.47 bits per heavy atom. The van der Waals surface area contributed by atoms with Gasteiger partial charge in [-0.3, -0.25) is 4.55 Å². The van der Waals surface area contributed by atoms with E-state index in [-0.39, 0.29) is 4.90 Å². The van der Waals surface area contributed by atoms with Crippen LogP contribution in [0.4, 0.5) is 0 Å². The highest BCUT2D eigenvalue weighted by molar-refractivity contribution is 7.94. The van der Waals surface area contributed by atoms with Gasteiger partial charge in [0.1, 0.15) is 4.90 Å². The van der Waals surface area contributed by atoms with Crippen LogP contribution in [0.5, 0.6) is 0 Å². The third-order valence-corrected chi connectivity index (χ3v) is 3.88. The summed E-state index contributed by atoms with van der Waals surface area (Å²) < 4.78 is 40.8. The second-order valence-corrected chi connectivity index (χ2v) is 5.69. The Hall–Kier alpha value is -1.08. The van der Waals surface area contributed by atoms with Crippen molar-refractivity contribution in [2.24, 2.45) is 0 Å². The van der Waals surface area contributed by atoms with Crippen molar-refractivity contribution in [3.05, 3.63) is 35.9 Å². The van der Waals surface area contributed by atoms with Crippen molar-refractivity contribution in [2.45, 2.75) is 16.7 Å². The zero-order valence-corrected chi connectivity index (χ0v) is 10.5. The standard InChI is InChI=1S/C11H10O4S2/c1-7-5-9-8(10(6-7)16-12)3-2-4-11(9)17(13,14)15/h2-6,12H,1H3,(H,13,14,15). The zero-order valence-electron chi connectivity index (χ0n) is 8.91. The molecule has 2 aromatic carbocycles. The Kier molecular flexibility index (Phi) is 3.13. The predicted molar refractivity (Wildman–Crippen MR) is 67.0 cm³/mol. The fourth-order valence-corrected chi connectivity index (χ4v) is 2.97. The number of hydrogen-bond acceptors (Lipinski definition) is 4. The molecule has 0 radical (unpaired) electrons. The van der Waals surface area contributed by atoms with Gasteiger partial charge in [-0.25, -0.2) is 0 Å². The molecule has 0 aliphatic carbocycles. The fraction of sp³-hybridized carbons (Fsp3) is 0.0909. The number of hydrogen-bond donors (Lipinski definition) is 2. The molecule has 0 fully saturated rings. The molecule has 0 amide bonds. The molecule has 0 aromatic heterocycles. The van der Waals surface area contributed by atoms with E-state index in [1.165, 1.54) is 12.1 Å². The van der Waals surface area contributed by atoms with Gasteiger partial charge < -0.3 is 4.55 Å². The Morgan fingerprint density at radius 2 is 1.88 bits per heavy atom. The normalized spacial score (nSPS) is 11.9. The summed E-state index contributed by atoms with van der Waals surface area (Å²) in [5.74, 6) is 0. The van der Waals surface area contributed by atoms with Crippen LogP contribution in [0, 0.1) is 6.92 Å². The van der Waals surface area contributed by atoms with Crippen LogP contribution in [0.15, 0.2) is 40.1 Å². The smallest absolute Gasteiger partial charge is 0.295 e. The van der Waals surface area contributed by atoms with E-state index in [9.17, 15) is 8.42 Å². The van der Waals surface area contributed by atoms with Crippen molar-refractivity contribution >= 4 is 32.9 Å². The SMILES string of the molecule is Cc1cc(SO)c2cccc(S(=O)(=O)O)c2c1. The number of rotatable bonds is 2. The summed E-state index contributed by atoms with van der Waals surface area (Å²) in [6.45, 7) is 1.79. The maximum atomic E-state index is 11.2. The molecule has 0 aliphatic rings. The van der Waals surface area contributed by atoms with E-state index in [0.717, 1.165) is 5.56 Å². The first-order valence-corrected chi connectivity index (χ1v) is 6.97. The number of benzene rings is 2. The molecule has 6 heteroatoms. The van der Waals surface area contributed by atoms with Crippen LogP contribution in [0.25, 0.3) is 10.8 Å². The van der Waals surface area contributed by atoms with Crippen LogP contribution in [0.2, 0.25) is 0 Å². The predicted octanol–water partition coefficient (Wildman–Crippen LogP) is 2.96. The molecular formula is C11H10O4S2. The molecule has 17 heavy (non-hydrogen) atoms. The maximum absolute atomic E-state index is 11.2. The average Bonchev–Trinajstić information content (AvgIpc) is 2.25. The van der Waals surface area contributed by atoms with Gasteiger partial charge in [-0.05, 0) is 36.1 Å². The summed E-state index contributed by atoms with van der Waals surface area (Å²) in [5.41, 5.74) is 0.810. The highest BCUT2D eigenvalue weighted by atomic mass is 32.2. The average molecular weight is 270 g/mol. The highest BCUT2D eigenvalue weighted by Crippen LogP contribution is 2.31. The zero-order chi connectivity index (χ0) is 12.6. The molecular weight excluding hydrogens is 260 g/mol. The second kappa shape index (κ2) is 4.30. The largest absolute Gasteiger partial charge is 0.325 e. The third-order valence-electron chi connectivity index (χ3n) is 2.44. The van der Waals surface area contributed by atoms with Crippen LogP contribution >= 0.6 is 12.0 Å². The minimum atomic E-state index is -4.26. The number of aryl methyl sites for hydroxylation is 1. The summed E-state index contributed by atoms with van der Waals surface area (Å²) >= 11 is 0.555. The van der Waals surface area contributed by atoms with Gasteiger partial charge in [0, 0.05) is 22.3 Å². The lowest BCUT2D eigenvalue weighted by atomic mass is 10.1. The van der Waals surface area contributed by atoms with Gasteiger partial charge in [0.2, 0.25) is 0 Å². The molecule has 0 unspecified atom stereocenters. The molecule has 0 spiro atoms. The van der Waals surface area contributed by atoms with E-state index < -0.39 is 10.1 Å². The molecule has 0 bridgehead atoms. The minimum absolute atomic E-state index is 0.144. The monoisotopic (exact) mass is 270 g/mol. The summed E-state index contributed by atoms with van der Waals surface area (Å²) in [7, 11) is -4.26. The molecule has 0 heterocycles. The van der Waals surface area contributed by atoms with Crippen LogP contribution < -0.4 is 0 Å². The molecule has 0 atom stereocenters. The summed E-state index contributed by atoms with van der Waals surface area (Å²) in [5, 5.41) is 1.00. The third kappa shape index (κ3) is 2.30. The van der Waals surface area contributed by atoms with Crippen molar-refractivity contribution in [2.75, 3.05) is 0 Å². The Morgan fingerprint density at radius 1 is 1.18 bits per heavy atom. The first kappa shape index (κ1) is 12.4. The van der Waals surface area contributed by atoms with E-state index >= 15 is 0 Å². The Balaban J connectivity index is 2.95. The molecule has 0 aliphatic heterocycles. The van der Waals surface area contributed by atoms with Gasteiger partial charge in [0.05, 0.1) is 0 Å². The van der Waals surface area contributed by atoms with Crippen molar-refractivity contribution in [3.63, 3.8) is 0 Å². The molecule has 90 valence electrons. The Bertz CT molecular complexity index is 677. The quantitative estimate of drug-likeness (QED) is 0.648. The van der Waals surface area contributed by atoms with Crippen molar-refractivity contribution < 1.29 is 17.5 Å². The maximum Gasteiger partial charge on any atom is 0.295 e. The van der Waals surface area contributed by atoms with E-state index in [2.05, 4.69) is 0 Å². The van der Waals surface area contributed by atoms with Crippen molar-refractivity contribution in [1.29, 1.82) is 0 Å². The van der Waals surface area contributed by atoms with Gasteiger partial charge in [-0.2, -0.15) is 8.42 Å². The fourth-order valence-electron chi connectivity index (χ4n) is 1.76. The molecule has 0 saturated heterocycles. The van der Waals surface area contributed by atoms with E-state index in [1.807, 2.05) is 0 Å². The lowest BCUT2D eigenvalue weighted by Crippen LogP contribution is -1.99. The summed E-state index contributed by atoms with van der Waals surface area (Å²) in [4.78, 5) is 0.416. The van der Waals surface area contributed by atoms with Gasteiger partial charge in [-0.15, -0.1) is 0 Å². The lowest BCUT2D eigenvalue weighted by Gasteiger charge is -2.08. The van der Waals surface area contributed by atoms with Crippen molar-refractivity contribution in [3.8, 4) is 0 Å². The van der Waals surface area contributed by atoms with Crippen LogP contribution in [-0.2, 0) is 10.1 Å². The second-order valence-electron chi connectivity index (χ2n) is 3.68. The van der Waals surface area contributed by atoms with E-state index in [0.29, 0.717) is 27.7 Å². The molecule has 4 nitrogen and oxygen atoms in total. The first-order chi connectivity index (χ1) is 7.93. The van der Waals surface area contributed by atoms with Gasteiger partial charge in [0.25, 0.3) is 10.1 Å². The highest BCUT2D eigenvalue weighted by Gasteiger charge is 2.15. The Labute approximate surface area is 103 Å². The van der Waals surface area contributed by atoms with Crippen molar-refractivity contribution in [1.82, 2.24) is 0 Å².